The average Bonchev–Trinajstić information content (AvgIpc) is 3.58. The first-order valence-corrected chi connectivity index (χ1v) is 14.6. The predicted octanol–water partition coefficient (Wildman–Crippen LogP) is 3.99. The van der Waals surface area contributed by atoms with Crippen LogP contribution < -0.4 is 22.1 Å². The van der Waals surface area contributed by atoms with Gasteiger partial charge in [-0.2, -0.15) is 0 Å². The highest BCUT2D eigenvalue weighted by molar-refractivity contribution is 7.15. The summed E-state index contributed by atoms with van der Waals surface area (Å²) in [5.74, 6) is 0.889. The fraction of sp³-hybridized carbons (Fsp3) is 0.258. The maximum Gasteiger partial charge on any atom is 0.230 e. The van der Waals surface area contributed by atoms with Gasteiger partial charge in [-0.25, -0.2) is 4.98 Å². The molecule has 218 valence electrons. The van der Waals surface area contributed by atoms with E-state index in [1.165, 1.54) is 11.3 Å². The van der Waals surface area contributed by atoms with Crippen molar-refractivity contribution in [2.75, 3.05) is 5.32 Å². The Hall–Kier alpha value is -4.77. The van der Waals surface area contributed by atoms with Gasteiger partial charge in [0.25, 0.3) is 0 Å². The number of imidazole rings is 1. The first-order chi connectivity index (χ1) is 20.3. The minimum absolute atomic E-state index is 0.129. The molecule has 10 nitrogen and oxygen atoms in total. The molecule has 6 N–H and O–H groups in total. The number of benzene rings is 2. The van der Waals surface area contributed by atoms with Gasteiger partial charge in [0.05, 0.1) is 12.8 Å². The summed E-state index contributed by atoms with van der Waals surface area (Å²) in [5, 5.41) is 15.2. The van der Waals surface area contributed by atoms with E-state index in [-0.39, 0.29) is 30.5 Å². The zero-order valence-electron chi connectivity index (χ0n) is 23.6. The van der Waals surface area contributed by atoms with Crippen LogP contribution in [0.2, 0.25) is 0 Å². The van der Waals surface area contributed by atoms with Gasteiger partial charge < -0.3 is 26.7 Å². The minimum atomic E-state index is -0.180. The number of aromatic nitrogens is 4. The predicted molar refractivity (Wildman–Crippen MR) is 165 cm³/mol. The zero-order valence-corrected chi connectivity index (χ0v) is 24.4. The summed E-state index contributed by atoms with van der Waals surface area (Å²) in [6, 6.07) is 17.5. The van der Waals surface area contributed by atoms with Crippen molar-refractivity contribution in [3.05, 3.63) is 118 Å². The second-order valence-electron chi connectivity index (χ2n) is 9.93. The largest absolute Gasteiger partial charge is 0.402 e. The number of hydrogen-bond acceptors (Lipinski definition) is 8. The lowest BCUT2D eigenvalue weighted by molar-refractivity contribution is -0.119. The van der Waals surface area contributed by atoms with Crippen LogP contribution in [0.1, 0.15) is 46.8 Å². The molecular formula is C31H36N8O2S. The molecule has 0 spiro atoms. The van der Waals surface area contributed by atoms with Crippen molar-refractivity contribution in [3.8, 4) is 0 Å². The number of hydrogen-bond donors (Lipinski definition) is 4. The molecule has 0 radical (unpaired) electrons. The van der Waals surface area contributed by atoms with Gasteiger partial charge in [-0.15, -0.1) is 10.2 Å². The van der Waals surface area contributed by atoms with E-state index in [9.17, 15) is 9.59 Å². The van der Waals surface area contributed by atoms with Gasteiger partial charge in [-0.1, -0.05) is 65.9 Å². The van der Waals surface area contributed by atoms with E-state index in [2.05, 4.69) is 30.4 Å². The quantitative estimate of drug-likeness (QED) is 0.129. The molecule has 0 fully saturated rings. The third-order valence-electron chi connectivity index (χ3n) is 6.42. The highest BCUT2D eigenvalue weighted by Crippen LogP contribution is 2.19. The Morgan fingerprint density at radius 2 is 1.69 bits per heavy atom. The Morgan fingerprint density at radius 1 is 0.929 bits per heavy atom. The molecule has 0 bridgehead atoms. The summed E-state index contributed by atoms with van der Waals surface area (Å²) in [5.41, 5.74) is 15.6. The molecule has 2 aromatic heterocycles. The number of carbonyl (C=O) groups excluding carboxylic acids is 2. The molecule has 0 saturated carbocycles. The minimum Gasteiger partial charge on any atom is -0.402 e. The number of aryl methyl sites for hydroxylation is 2. The topological polar surface area (TPSA) is 154 Å². The van der Waals surface area contributed by atoms with E-state index in [1.807, 2.05) is 67.7 Å². The van der Waals surface area contributed by atoms with E-state index in [1.54, 1.807) is 18.3 Å². The lowest BCUT2D eigenvalue weighted by atomic mass is 10.1. The number of unbranched alkanes of at least 4 members (excludes halogenated alkanes) is 1. The van der Waals surface area contributed by atoms with Crippen molar-refractivity contribution in [1.82, 2.24) is 25.1 Å². The number of rotatable bonds is 14. The highest BCUT2D eigenvalue weighted by atomic mass is 32.1. The fourth-order valence-corrected chi connectivity index (χ4v) is 5.07. The third kappa shape index (κ3) is 10.0. The average molecular weight is 585 g/mol. The molecule has 4 rings (SSSR count). The molecule has 0 aliphatic rings. The number of allylic oxidation sites excluding steroid dienone is 3. The molecule has 42 heavy (non-hydrogen) atoms. The van der Waals surface area contributed by atoms with Crippen molar-refractivity contribution in [3.63, 3.8) is 0 Å². The maximum atomic E-state index is 12.6. The first-order valence-electron chi connectivity index (χ1n) is 13.8. The van der Waals surface area contributed by atoms with Crippen LogP contribution in [0.5, 0.6) is 0 Å². The van der Waals surface area contributed by atoms with Crippen molar-refractivity contribution in [1.29, 1.82) is 0 Å². The summed E-state index contributed by atoms with van der Waals surface area (Å²) in [6.45, 7) is 2.68. The fourth-order valence-electron chi connectivity index (χ4n) is 4.27. The molecule has 0 aliphatic carbocycles. The van der Waals surface area contributed by atoms with Gasteiger partial charge in [0.2, 0.25) is 16.9 Å². The number of nitrogens with two attached hydrogens (primary N) is 2. The van der Waals surface area contributed by atoms with Crippen LogP contribution in [0.25, 0.3) is 0 Å². The van der Waals surface area contributed by atoms with Gasteiger partial charge >= 0.3 is 0 Å². The Labute approximate surface area is 249 Å². The van der Waals surface area contributed by atoms with Gasteiger partial charge in [-0.3, -0.25) is 9.59 Å². The lowest BCUT2D eigenvalue weighted by Gasteiger charge is -2.07. The molecule has 0 unspecified atom stereocenters. The van der Waals surface area contributed by atoms with Gasteiger partial charge in [0.15, 0.2) is 0 Å². The smallest absolute Gasteiger partial charge is 0.230 e. The monoisotopic (exact) mass is 584 g/mol. The molecule has 4 aromatic rings. The summed E-state index contributed by atoms with van der Waals surface area (Å²) >= 11 is 1.38. The van der Waals surface area contributed by atoms with E-state index in [0.29, 0.717) is 23.8 Å². The number of anilines is 1. The molecule has 2 heterocycles. The van der Waals surface area contributed by atoms with Gasteiger partial charge in [0.1, 0.15) is 16.7 Å². The van der Waals surface area contributed by atoms with Gasteiger partial charge in [0, 0.05) is 31.1 Å². The van der Waals surface area contributed by atoms with Crippen LogP contribution >= 0.6 is 11.3 Å². The second-order valence-corrected chi connectivity index (χ2v) is 11.0. The van der Waals surface area contributed by atoms with Crippen molar-refractivity contribution >= 4 is 28.3 Å². The molecule has 0 saturated heterocycles. The van der Waals surface area contributed by atoms with Crippen molar-refractivity contribution in [2.24, 2.45) is 11.5 Å². The summed E-state index contributed by atoms with van der Waals surface area (Å²) in [6.07, 6.45) is 10.7. The lowest BCUT2D eigenvalue weighted by Crippen LogP contribution is -2.28. The first kappa shape index (κ1) is 30.2. The molecule has 0 aliphatic heterocycles. The van der Waals surface area contributed by atoms with Crippen molar-refractivity contribution < 1.29 is 9.59 Å². The zero-order chi connectivity index (χ0) is 29.7. The summed E-state index contributed by atoms with van der Waals surface area (Å²) in [7, 11) is 0. The highest BCUT2D eigenvalue weighted by Gasteiger charge is 2.10. The molecule has 11 heteroatoms. The van der Waals surface area contributed by atoms with Crippen LogP contribution in [0.3, 0.4) is 0 Å². The Morgan fingerprint density at radius 3 is 2.48 bits per heavy atom. The Kier molecular flexibility index (Phi) is 11.0. The van der Waals surface area contributed by atoms with Crippen LogP contribution in [0.15, 0.2) is 90.7 Å². The number of carbonyl (C=O) groups is 2. The van der Waals surface area contributed by atoms with E-state index >= 15 is 0 Å². The molecule has 2 amide bonds. The normalized spacial score (nSPS) is 11.8. The van der Waals surface area contributed by atoms with Crippen LogP contribution in [-0.2, 0) is 35.4 Å². The van der Waals surface area contributed by atoms with E-state index in [0.717, 1.165) is 46.8 Å². The summed E-state index contributed by atoms with van der Waals surface area (Å²) < 4.78 is 2.06. The Balaban J connectivity index is 1.15. The van der Waals surface area contributed by atoms with Crippen molar-refractivity contribution in [2.45, 2.75) is 52.0 Å². The number of nitrogens with one attached hydrogen (secondary N) is 2. The van der Waals surface area contributed by atoms with E-state index < -0.39 is 0 Å². The molecule has 2 aromatic carbocycles. The standard InChI is InChI=1S/C31H36N8O2S/c1-22-34-16-17-39(22)21-25-11-7-10-24(18-25)20-29(41)36-31-38-37-30(42-31)13-6-5-12-26(32)14-15-27(33)35-28(40)19-23-8-3-2-4-9-23/h2-4,7-11,14-18H,5-6,12-13,19-21,32-33H2,1H3,(H,35,40)(H,36,38,41)/b26-14-,27-15+. The Bertz CT molecular complexity index is 1540. The molecular weight excluding hydrogens is 548 g/mol. The summed E-state index contributed by atoms with van der Waals surface area (Å²) in [4.78, 5) is 29.0. The maximum absolute atomic E-state index is 12.6. The van der Waals surface area contributed by atoms with Crippen LogP contribution in [0, 0.1) is 6.92 Å². The second kappa shape index (κ2) is 15.3. The van der Waals surface area contributed by atoms with Gasteiger partial charge in [-0.05, 0) is 55.0 Å². The molecule has 0 atom stereocenters. The number of nitrogens with zero attached hydrogens (tertiary/aromatic N) is 4. The van der Waals surface area contributed by atoms with Crippen LogP contribution in [-0.4, -0.2) is 31.6 Å². The van der Waals surface area contributed by atoms with Crippen LogP contribution in [0.4, 0.5) is 5.13 Å². The SMILES string of the molecule is Cc1nccn1Cc1cccc(CC(=O)Nc2nnc(CCCC/C(N)=C/C=C(\N)NC(=O)Cc3ccccc3)s2)c1. The number of amides is 2. The van der Waals surface area contributed by atoms with E-state index in [4.69, 9.17) is 11.5 Å². The third-order valence-corrected chi connectivity index (χ3v) is 7.32.